The van der Waals surface area contributed by atoms with Crippen molar-refractivity contribution in [2.75, 3.05) is 0 Å². The molecule has 2 aromatic carbocycles. The lowest BCUT2D eigenvalue weighted by Gasteiger charge is -2.10. The van der Waals surface area contributed by atoms with Crippen molar-refractivity contribution in [1.29, 1.82) is 0 Å². The van der Waals surface area contributed by atoms with E-state index in [9.17, 15) is 8.78 Å². The zero-order valence-electron chi connectivity index (χ0n) is 10.6. The van der Waals surface area contributed by atoms with Gasteiger partial charge in [-0.15, -0.1) is 0 Å². The van der Waals surface area contributed by atoms with Gasteiger partial charge in [-0.3, -0.25) is 0 Å². The second-order valence-corrected chi connectivity index (χ2v) is 4.39. The van der Waals surface area contributed by atoms with E-state index in [0.717, 1.165) is 11.6 Å². The molecule has 0 bridgehead atoms. The maximum atomic E-state index is 13.4. The van der Waals surface area contributed by atoms with Gasteiger partial charge in [0.1, 0.15) is 24.0 Å². The van der Waals surface area contributed by atoms with E-state index in [1.54, 1.807) is 6.07 Å². The predicted molar refractivity (Wildman–Crippen MR) is 69.7 cm³/mol. The third-order valence-corrected chi connectivity index (χ3v) is 2.79. The Bertz CT molecular complexity index is 570. The number of ether oxygens (including phenoxy) is 1. The molecule has 0 amide bonds. The number of halogens is 2. The fourth-order valence-electron chi connectivity index (χ4n) is 1.69. The van der Waals surface area contributed by atoms with Crippen molar-refractivity contribution >= 4 is 0 Å². The molecule has 0 aliphatic heterocycles. The minimum Gasteiger partial charge on any atom is -0.489 e. The van der Waals surface area contributed by atoms with Crippen LogP contribution in [0.4, 0.5) is 8.78 Å². The van der Waals surface area contributed by atoms with Crippen molar-refractivity contribution in [1.82, 2.24) is 0 Å². The second-order valence-electron chi connectivity index (χ2n) is 4.39. The van der Waals surface area contributed by atoms with E-state index in [4.69, 9.17) is 10.5 Å². The maximum absolute atomic E-state index is 13.4. The topological polar surface area (TPSA) is 35.2 Å². The fourth-order valence-corrected chi connectivity index (χ4v) is 1.69. The summed E-state index contributed by atoms with van der Waals surface area (Å²) in [5, 5.41) is 0. The Balaban J connectivity index is 2.08. The standard InChI is InChI=1S/C15H15F2NO/c1-10(18)11-3-2-4-14(7-11)19-9-12-5-6-13(16)8-15(12)17/h2-8,10H,9,18H2,1H3/t10-/m1/s1. The molecular weight excluding hydrogens is 248 g/mol. The summed E-state index contributed by atoms with van der Waals surface area (Å²) in [6.45, 7) is 1.92. The van der Waals surface area contributed by atoms with Gasteiger partial charge in [-0.1, -0.05) is 12.1 Å². The summed E-state index contributed by atoms with van der Waals surface area (Å²) in [6, 6.07) is 10.6. The van der Waals surface area contributed by atoms with E-state index >= 15 is 0 Å². The van der Waals surface area contributed by atoms with Crippen LogP contribution >= 0.6 is 0 Å². The predicted octanol–water partition coefficient (Wildman–Crippen LogP) is 3.56. The molecular formula is C15H15F2NO. The molecule has 100 valence electrons. The van der Waals surface area contributed by atoms with Gasteiger partial charge in [-0.05, 0) is 36.8 Å². The number of hydrogen-bond acceptors (Lipinski definition) is 2. The summed E-state index contributed by atoms with van der Waals surface area (Å²) >= 11 is 0. The van der Waals surface area contributed by atoms with Crippen LogP contribution in [0.5, 0.6) is 5.75 Å². The van der Waals surface area contributed by atoms with Crippen LogP contribution in [0.2, 0.25) is 0 Å². The summed E-state index contributed by atoms with van der Waals surface area (Å²) in [6.07, 6.45) is 0. The van der Waals surface area contributed by atoms with Crippen LogP contribution in [-0.2, 0) is 6.61 Å². The van der Waals surface area contributed by atoms with Crippen LogP contribution < -0.4 is 10.5 Å². The van der Waals surface area contributed by atoms with Crippen LogP contribution in [0.15, 0.2) is 42.5 Å². The number of hydrogen-bond donors (Lipinski definition) is 1. The molecule has 4 heteroatoms. The van der Waals surface area contributed by atoms with E-state index in [1.165, 1.54) is 12.1 Å². The van der Waals surface area contributed by atoms with E-state index in [1.807, 2.05) is 25.1 Å². The molecule has 0 saturated carbocycles. The van der Waals surface area contributed by atoms with Crippen LogP contribution in [-0.4, -0.2) is 0 Å². The molecule has 0 heterocycles. The van der Waals surface area contributed by atoms with Gasteiger partial charge in [0.15, 0.2) is 0 Å². The fraction of sp³-hybridized carbons (Fsp3) is 0.200. The van der Waals surface area contributed by atoms with Crippen molar-refractivity contribution in [2.45, 2.75) is 19.6 Å². The second kappa shape index (κ2) is 5.80. The monoisotopic (exact) mass is 263 g/mol. The summed E-state index contributed by atoms with van der Waals surface area (Å²) in [5.74, 6) is -0.595. The summed E-state index contributed by atoms with van der Waals surface area (Å²) < 4.78 is 31.7. The Morgan fingerprint density at radius 1 is 1.16 bits per heavy atom. The molecule has 0 unspecified atom stereocenters. The maximum Gasteiger partial charge on any atom is 0.132 e. The smallest absolute Gasteiger partial charge is 0.132 e. The molecule has 0 aliphatic rings. The third-order valence-electron chi connectivity index (χ3n) is 2.79. The minimum absolute atomic E-state index is 0.0501. The highest BCUT2D eigenvalue weighted by molar-refractivity contribution is 5.30. The molecule has 1 atom stereocenters. The highest BCUT2D eigenvalue weighted by Crippen LogP contribution is 2.19. The van der Waals surface area contributed by atoms with Gasteiger partial charge in [-0.25, -0.2) is 8.78 Å². The number of benzene rings is 2. The van der Waals surface area contributed by atoms with Crippen LogP contribution in [0.1, 0.15) is 24.1 Å². The Morgan fingerprint density at radius 2 is 1.95 bits per heavy atom. The molecule has 0 fully saturated rings. The molecule has 2 rings (SSSR count). The molecule has 2 aromatic rings. The van der Waals surface area contributed by atoms with Gasteiger partial charge < -0.3 is 10.5 Å². The van der Waals surface area contributed by atoms with Crippen molar-refractivity contribution in [2.24, 2.45) is 5.73 Å². The third kappa shape index (κ3) is 3.51. The summed E-state index contributed by atoms with van der Waals surface area (Å²) in [7, 11) is 0. The van der Waals surface area contributed by atoms with E-state index < -0.39 is 11.6 Å². The Morgan fingerprint density at radius 3 is 2.63 bits per heavy atom. The summed E-state index contributed by atoms with van der Waals surface area (Å²) in [5.41, 5.74) is 7.03. The lowest BCUT2D eigenvalue weighted by atomic mass is 10.1. The van der Waals surface area contributed by atoms with Gasteiger partial charge in [-0.2, -0.15) is 0 Å². The van der Waals surface area contributed by atoms with Crippen LogP contribution in [0.3, 0.4) is 0 Å². The summed E-state index contributed by atoms with van der Waals surface area (Å²) in [4.78, 5) is 0. The Labute approximate surface area is 110 Å². The lowest BCUT2D eigenvalue weighted by molar-refractivity contribution is 0.299. The van der Waals surface area contributed by atoms with Crippen LogP contribution in [0.25, 0.3) is 0 Å². The van der Waals surface area contributed by atoms with Gasteiger partial charge in [0.2, 0.25) is 0 Å². The highest BCUT2D eigenvalue weighted by Gasteiger charge is 2.06. The van der Waals surface area contributed by atoms with Crippen molar-refractivity contribution in [3.05, 3.63) is 65.2 Å². The van der Waals surface area contributed by atoms with Crippen LogP contribution in [0, 0.1) is 11.6 Å². The van der Waals surface area contributed by atoms with Gasteiger partial charge in [0.25, 0.3) is 0 Å². The average molecular weight is 263 g/mol. The molecule has 0 aromatic heterocycles. The molecule has 0 saturated heterocycles. The molecule has 0 aliphatic carbocycles. The first kappa shape index (κ1) is 13.5. The Hall–Kier alpha value is -1.94. The molecule has 0 radical (unpaired) electrons. The first-order valence-corrected chi connectivity index (χ1v) is 5.98. The first-order chi connectivity index (χ1) is 9.06. The zero-order valence-corrected chi connectivity index (χ0v) is 10.6. The highest BCUT2D eigenvalue weighted by atomic mass is 19.1. The quantitative estimate of drug-likeness (QED) is 0.915. The normalized spacial score (nSPS) is 12.2. The zero-order chi connectivity index (χ0) is 13.8. The van der Waals surface area contributed by atoms with E-state index in [-0.39, 0.29) is 12.6 Å². The van der Waals surface area contributed by atoms with E-state index in [2.05, 4.69) is 0 Å². The van der Waals surface area contributed by atoms with Crippen molar-refractivity contribution < 1.29 is 13.5 Å². The van der Waals surface area contributed by atoms with Gasteiger partial charge in [0, 0.05) is 17.7 Å². The largest absolute Gasteiger partial charge is 0.489 e. The molecule has 19 heavy (non-hydrogen) atoms. The first-order valence-electron chi connectivity index (χ1n) is 5.98. The van der Waals surface area contributed by atoms with Crippen molar-refractivity contribution in [3.8, 4) is 5.75 Å². The minimum atomic E-state index is -0.608. The van der Waals surface area contributed by atoms with Gasteiger partial charge in [0.05, 0.1) is 0 Å². The lowest BCUT2D eigenvalue weighted by Crippen LogP contribution is -2.05. The molecule has 2 N–H and O–H groups in total. The van der Waals surface area contributed by atoms with Gasteiger partial charge >= 0.3 is 0 Å². The molecule has 2 nitrogen and oxygen atoms in total. The number of rotatable bonds is 4. The average Bonchev–Trinajstić information content (AvgIpc) is 2.38. The number of nitrogens with two attached hydrogens (primary N) is 1. The van der Waals surface area contributed by atoms with E-state index in [0.29, 0.717) is 11.3 Å². The molecule has 0 spiro atoms. The van der Waals surface area contributed by atoms with Crippen molar-refractivity contribution in [3.63, 3.8) is 0 Å². The SMILES string of the molecule is C[C@@H](N)c1cccc(OCc2ccc(F)cc2F)c1. The Kier molecular flexibility index (Phi) is 4.12.